The van der Waals surface area contributed by atoms with Crippen molar-refractivity contribution in [3.63, 3.8) is 0 Å². The Bertz CT molecular complexity index is 570. The highest BCUT2D eigenvalue weighted by Crippen LogP contribution is 2.30. The third-order valence-electron chi connectivity index (χ3n) is 2.91. The second-order valence-corrected chi connectivity index (χ2v) is 7.20. The lowest BCUT2D eigenvalue weighted by atomic mass is 10.1. The topological polar surface area (TPSA) is 23.5 Å². The molecule has 0 saturated heterocycles. The summed E-state index contributed by atoms with van der Waals surface area (Å²) < 4.78 is 1.13. The maximum Gasteiger partial charge on any atom is 0.0762 e. The average molecular weight is 361 g/mol. The zero-order valence-corrected chi connectivity index (χ0v) is 13.9. The van der Waals surface area contributed by atoms with Gasteiger partial charge in [-0.3, -0.25) is 0 Å². The van der Waals surface area contributed by atoms with E-state index in [1.165, 1.54) is 5.56 Å². The third kappa shape index (κ3) is 3.72. The summed E-state index contributed by atoms with van der Waals surface area (Å²) in [6.45, 7) is 2.54. The van der Waals surface area contributed by atoms with Crippen LogP contribution in [0.5, 0.6) is 0 Å². The van der Waals surface area contributed by atoms with E-state index in [1.807, 2.05) is 25.2 Å². The maximum atomic E-state index is 9.54. The third-order valence-corrected chi connectivity index (χ3v) is 4.76. The van der Waals surface area contributed by atoms with Crippen molar-refractivity contribution in [2.24, 2.45) is 0 Å². The van der Waals surface area contributed by atoms with Crippen LogP contribution in [0.15, 0.2) is 33.4 Å². The largest absolute Gasteiger partial charge is 0.389 e. The molecule has 1 unspecified atom stereocenters. The van der Waals surface area contributed by atoms with E-state index in [2.05, 4.69) is 32.3 Å². The van der Waals surface area contributed by atoms with Crippen molar-refractivity contribution < 1.29 is 5.11 Å². The zero-order chi connectivity index (χ0) is 14.0. The predicted octanol–water partition coefficient (Wildman–Crippen LogP) is 4.85. The smallest absolute Gasteiger partial charge is 0.0762 e. The number of aliphatic hydroxyl groups excluding tert-OH is 1. The number of anilines is 1. The van der Waals surface area contributed by atoms with Gasteiger partial charge in [0.25, 0.3) is 0 Å². The Labute approximate surface area is 130 Å². The van der Waals surface area contributed by atoms with E-state index in [0.717, 1.165) is 21.6 Å². The Morgan fingerprint density at radius 3 is 2.68 bits per heavy atom. The summed E-state index contributed by atoms with van der Waals surface area (Å²) in [7, 11) is 2.01. The van der Waals surface area contributed by atoms with Crippen LogP contribution in [0.25, 0.3) is 0 Å². The van der Waals surface area contributed by atoms with Gasteiger partial charge in [0, 0.05) is 13.6 Å². The van der Waals surface area contributed by atoms with Crippen molar-refractivity contribution in [3.05, 3.63) is 49.6 Å². The molecule has 1 heterocycles. The van der Waals surface area contributed by atoms with Crippen LogP contribution in [-0.4, -0.2) is 12.2 Å². The van der Waals surface area contributed by atoms with E-state index in [-0.39, 0.29) is 0 Å². The lowest BCUT2D eigenvalue weighted by Gasteiger charge is -2.21. The van der Waals surface area contributed by atoms with Crippen LogP contribution in [-0.2, 0) is 6.54 Å². The molecule has 19 heavy (non-hydrogen) atoms. The summed E-state index contributed by atoms with van der Waals surface area (Å²) in [6, 6.07) is 7.79. The van der Waals surface area contributed by atoms with Crippen molar-refractivity contribution >= 4 is 44.6 Å². The van der Waals surface area contributed by atoms with E-state index < -0.39 is 6.10 Å². The first-order chi connectivity index (χ1) is 8.97. The quantitative estimate of drug-likeness (QED) is 0.842. The Hall–Kier alpha value is -0.550. The predicted molar refractivity (Wildman–Crippen MR) is 86.2 cm³/mol. The zero-order valence-electron chi connectivity index (χ0n) is 10.7. The molecule has 2 rings (SSSR count). The molecule has 0 amide bonds. The Morgan fingerprint density at radius 2 is 2.16 bits per heavy atom. The van der Waals surface area contributed by atoms with Crippen LogP contribution in [0, 0.1) is 0 Å². The Morgan fingerprint density at radius 1 is 1.42 bits per heavy atom. The van der Waals surface area contributed by atoms with Crippen molar-refractivity contribution in [2.45, 2.75) is 19.6 Å². The Kier molecular flexibility index (Phi) is 4.90. The summed E-state index contributed by atoms with van der Waals surface area (Å²) >= 11 is 11.4. The van der Waals surface area contributed by atoms with Crippen LogP contribution >= 0.6 is 38.9 Å². The average Bonchev–Trinajstić information content (AvgIpc) is 2.74. The van der Waals surface area contributed by atoms with Crippen LogP contribution < -0.4 is 4.90 Å². The van der Waals surface area contributed by atoms with Gasteiger partial charge in [-0.15, -0.1) is 11.3 Å². The lowest BCUT2D eigenvalue weighted by molar-refractivity contribution is 0.199. The number of aliphatic hydroxyl groups is 1. The van der Waals surface area contributed by atoms with Crippen LogP contribution in [0.3, 0.4) is 0 Å². The van der Waals surface area contributed by atoms with Crippen molar-refractivity contribution in [2.75, 3.05) is 11.9 Å². The summed E-state index contributed by atoms with van der Waals surface area (Å²) in [5.41, 5.74) is 3.05. The van der Waals surface area contributed by atoms with Gasteiger partial charge in [0.1, 0.15) is 0 Å². The normalized spacial score (nSPS) is 12.5. The molecule has 2 nitrogen and oxygen atoms in total. The fourth-order valence-electron chi connectivity index (χ4n) is 1.88. The van der Waals surface area contributed by atoms with Crippen molar-refractivity contribution in [1.29, 1.82) is 0 Å². The number of hydrogen-bond donors (Lipinski definition) is 1. The van der Waals surface area contributed by atoms with Gasteiger partial charge in [0.05, 0.1) is 20.6 Å². The number of halogens is 2. The second-order valence-electron chi connectivity index (χ2n) is 4.50. The minimum atomic E-state index is -0.496. The van der Waals surface area contributed by atoms with Gasteiger partial charge in [0.15, 0.2) is 0 Å². The number of nitrogens with zero attached hydrogens (tertiary/aromatic N) is 1. The van der Waals surface area contributed by atoms with Crippen LogP contribution in [0.1, 0.15) is 24.2 Å². The molecule has 1 atom stereocenters. The SMILES string of the molecule is CC(O)c1ccc(N(C)Cc2csc(Br)c2)c(Cl)c1. The molecule has 0 aliphatic carbocycles. The fourth-order valence-corrected chi connectivity index (χ4v) is 3.41. The molecular formula is C14H15BrClNOS. The van der Waals surface area contributed by atoms with E-state index in [9.17, 15) is 5.11 Å². The molecule has 0 bridgehead atoms. The fraction of sp³-hybridized carbons (Fsp3) is 0.286. The van der Waals surface area contributed by atoms with Gasteiger partial charge < -0.3 is 10.0 Å². The van der Waals surface area contributed by atoms with E-state index in [1.54, 1.807) is 18.3 Å². The standard InChI is InChI=1S/C14H15BrClNOS/c1-9(18)11-3-4-13(12(16)6-11)17(2)7-10-5-14(15)19-8-10/h3-6,8-9,18H,7H2,1-2H3. The van der Waals surface area contributed by atoms with Gasteiger partial charge in [0.2, 0.25) is 0 Å². The number of hydrogen-bond acceptors (Lipinski definition) is 3. The van der Waals surface area contributed by atoms with E-state index >= 15 is 0 Å². The van der Waals surface area contributed by atoms with Gasteiger partial charge in [-0.25, -0.2) is 0 Å². The second kappa shape index (κ2) is 6.27. The van der Waals surface area contributed by atoms with Gasteiger partial charge in [-0.05, 0) is 57.6 Å². The summed E-state index contributed by atoms with van der Waals surface area (Å²) in [4.78, 5) is 2.10. The summed E-state index contributed by atoms with van der Waals surface area (Å²) in [5, 5.41) is 12.3. The molecule has 1 N–H and O–H groups in total. The molecule has 1 aromatic carbocycles. The highest BCUT2D eigenvalue weighted by Gasteiger charge is 2.10. The molecule has 0 radical (unpaired) electrons. The highest BCUT2D eigenvalue weighted by molar-refractivity contribution is 9.11. The number of benzene rings is 1. The maximum absolute atomic E-state index is 9.54. The molecule has 0 saturated carbocycles. The van der Waals surface area contributed by atoms with Crippen molar-refractivity contribution in [3.8, 4) is 0 Å². The summed E-state index contributed by atoms with van der Waals surface area (Å²) in [5.74, 6) is 0. The van der Waals surface area contributed by atoms with E-state index in [4.69, 9.17) is 11.6 Å². The monoisotopic (exact) mass is 359 g/mol. The van der Waals surface area contributed by atoms with E-state index in [0.29, 0.717) is 5.02 Å². The van der Waals surface area contributed by atoms with Gasteiger partial charge >= 0.3 is 0 Å². The first kappa shape index (κ1) is 14.9. The molecule has 0 fully saturated rings. The highest BCUT2D eigenvalue weighted by atomic mass is 79.9. The molecule has 102 valence electrons. The summed E-state index contributed by atoms with van der Waals surface area (Å²) in [6.07, 6.45) is -0.496. The number of thiophene rings is 1. The lowest BCUT2D eigenvalue weighted by Crippen LogP contribution is -2.16. The molecule has 0 aliphatic rings. The van der Waals surface area contributed by atoms with Crippen molar-refractivity contribution in [1.82, 2.24) is 0 Å². The molecule has 0 aliphatic heterocycles. The molecule has 1 aromatic heterocycles. The van der Waals surface area contributed by atoms with Crippen LogP contribution in [0.2, 0.25) is 5.02 Å². The molecule has 2 aromatic rings. The minimum Gasteiger partial charge on any atom is -0.389 e. The van der Waals surface area contributed by atoms with Gasteiger partial charge in [-0.1, -0.05) is 17.7 Å². The minimum absolute atomic E-state index is 0.496. The first-order valence-electron chi connectivity index (χ1n) is 5.89. The van der Waals surface area contributed by atoms with Crippen LogP contribution in [0.4, 0.5) is 5.69 Å². The molecule has 0 spiro atoms. The number of rotatable bonds is 4. The van der Waals surface area contributed by atoms with Gasteiger partial charge in [-0.2, -0.15) is 0 Å². The first-order valence-corrected chi connectivity index (χ1v) is 7.94. The molecule has 5 heteroatoms. The molecular weight excluding hydrogens is 346 g/mol. The Balaban J connectivity index is 2.17.